The summed E-state index contributed by atoms with van der Waals surface area (Å²) in [6, 6.07) is 20.0. The van der Waals surface area contributed by atoms with E-state index in [1.165, 1.54) is 0 Å². The maximum absolute atomic E-state index is 14.0. The third-order valence-corrected chi connectivity index (χ3v) is 6.18. The Labute approximate surface area is 196 Å². The highest BCUT2D eigenvalue weighted by Gasteiger charge is 2.38. The van der Waals surface area contributed by atoms with Crippen LogP contribution in [0.4, 0.5) is 5.69 Å². The number of hydrogen-bond donors (Lipinski definition) is 0. The van der Waals surface area contributed by atoms with Crippen LogP contribution >= 0.6 is 0 Å². The molecule has 1 unspecified atom stereocenters. The van der Waals surface area contributed by atoms with Crippen LogP contribution in [0.25, 0.3) is 5.69 Å². The molecule has 0 saturated carbocycles. The average molecular weight is 444 g/mol. The van der Waals surface area contributed by atoms with E-state index in [4.69, 9.17) is 0 Å². The topological polar surface area (TPSA) is 45.6 Å². The van der Waals surface area contributed by atoms with Gasteiger partial charge < -0.3 is 9.47 Å². The summed E-state index contributed by atoms with van der Waals surface area (Å²) in [4.78, 5) is 30.8. The van der Waals surface area contributed by atoms with Crippen molar-refractivity contribution in [1.82, 2.24) is 9.47 Å². The molecule has 5 nitrogen and oxygen atoms in total. The maximum atomic E-state index is 14.0. The molecule has 0 bridgehead atoms. The third-order valence-electron chi connectivity index (χ3n) is 6.18. The Morgan fingerprint density at radius 3 is 2.30 bits per heavy atom. The van der Waals surface area contributed by atoms with Crippen LogP contribution in [0.3, 0.4) is 0 Å². The van der Waals surface area contributed by atoms with Crippen molar-refractivity contribution >= 4 is 17.5 Å². The predicted octanol–water partition coefficient (Wildman–Crippen LogP) is 5.50. The first-order chi connectivity index (χ1) is 15.6. The normalized spacial score (nSPS) is 15.2. The molecule has 0 saturated heterocycles. The van der Waals surface area contributed by atoms with Gasteiger partial charge in [0.1, 0.15) is 12.6 Å². The molecule has 172 valence electrons. The molecule has 0 aliphatic carbocycles. The van der Waals surface area contributed by atoms with Gasteiger partial charge in [-0.3, -0.25) is 14.5 Å². The molecule has 4 rings (SSSR count). The summed E-state index contributed by atoms with van der Waals surface area (Å²) in [5.41, 5.74) is 4.48. The number of hydrogen-bond acceptors (Lipinski definition) is 2. The van der Waals surface area contributed by atoms with Crippen LogP contribution < -0.4 is 4.90 Å². The number of amides is 2. The molecule has 0 fully saturated rings. The molecule has 2 heterocycles. The second kappa shape index (κ2) is 8.54. The monoisotopic (exact) mass is 443 g/mol. The summed E-state index contributed by atoms with van der Waals surface area (Å²) in [5, 5.41) is 0. The van der Waals surface area contributed by atoms with Gasteiger partial charge in [-0.05, 0) is 50.6 Å². The predicted molar refractivity (Wildman–Crippen MR) is 133 cm³/mol. The Bertz CT molecular complexity index is 1190. The summed E-state index contributed by atoms with van der Waals surface area (Å²) in [6.45, 7) is 11.7. The number of carbonyl (C=O) groups excluding carboxylic acids is 2. The fraction of sp³-hybridized carbons (Fsp3) is 0.357. The first-order valence-electron chi connectivity index (χ1n) is 11.6. The second-order valence-corrected chi connectivity index (χ2v) is 10.1. The molecule has 1 aromatic heterocycles. The van der Waals surface area contributed by atoms with E-state index in [0.717, 1.165) is 28.2 Å². The van der Waals surface area contributed by atoms with Crippen molar-refractivity contribution in [2.45, 2.75) is 53.6 Å². The fourth-order valence-corrected chi connectivity index (χ4v) is 4.56. The zero-order chi connectivity index (χ0) is 23.9. The number of rotatable bonds is 4. The van der Waals surface area contributed by atoms with E-state index in [1.54, 1.807) is 4.90 Å². The van der Waals surface area contributed by atoms with Gasteiger partial charge in [0.25, 0.3) is 0 Å². The van der Waals surface area contributed by atoms with Gasteiger partial charge >= 0.3 is 0 Å². The van der Waals surface area contributed by atoms with Crippen molar-refractivity contribution < 1.29 is 9.59 Å². The number of benzene rings is 2. The summed E-state index contributed by atoms with van der Waals surface area (Å²) < 4.78 is 2.16. The maximum Gasteiger partial charge on any atom is 0.247 e. The Balaban J connectivity index is 1.83. The lowest BCUT2D eigenvalue weighted by Crippen LogP contribution is -2.51. The van der Waals surface area contributed by atoms with Gasteiger partial charge in [0, 0.05) is 17.7 Å². The SMILES string of the molecule is Cc1cccc(C2c3cccn3-c3ccccc3N2C(=O)CN(C(=O)C(C)(C)C)C(C)C)c1. The zero-order valence-electron chi connectivity index (χ0n) is 20.4. The number of aryl methyl sites for hydroxylation is 1. The van der Waals surface area contributed by atoms with Gasteiger partial charge in [0.15, 0.2) is 0 Å². The van der Waals surface area contributed by atoms with E-state index in [1.807, 2.05) is 82.1 Å². The molecule has 1 aliphatic heterocycles. The van der Waals surface area contributed by atoms with E-state index in [-0.39, 0.29) is 30.4 Å². The smallest absolute Gasteiger partial charge is 0.247 e. The molecule has 5 heteroatoms. The number of nitrogens with zero attached hydrogens (tertiary/aromatic N) is 3. The largest absolute Gasteiger partial charge is 0.330 e. The highest BCUT2D eigenvalue weighted by atomic mass is 16.2. The summed E-state index contributed by atoms with van der Waals surface area (Å²) in [5.74, 6) is -0.112. The van der Waals surface area contributed by atoms with Crippen molar-refractivity contribution in [1.29, 1.82) is 0 Å². The van der Waals surface area contributed by atoms with Crippen LogP contribution in [0.15, 0.2) is 66.9 Å². The summed E-state index contributed by atoms with van der Waals surface area (Å²) in [6.07, 6.45) is 2.04. The van der Waals surface area contributed by atoms with E-state index in [2.05, 4.69) is 35.8 Å². The minimum atomic E-state index is -0.561. The van der Waals surface area contributed by atoms with Gasteiger partial charge in [0.05, 0.1) is 17.1 Å². The van der Waals surface area contributed by atoms with Crippen molar-refractivity contribution in [3.05, 3.63) is 83.7 Å². The molecule has 1 atom stereocenters. The fourth-order valence-electron chi connectivity index (χ4n) is 4.56. The Hall–Kier alpha value is -3.34. The molecule has 0 N–H and O–H groups in total. The van der Waals surface area contributed by atoms with Crippen molar-refractivity contribution in [2.75, 3.05) is 11.4 Å². The second-order valence-electron chi connectivity index (χ2n) is 10.1. The number of aromatic nitrogens is 1. The Morgan fingerprint density at radius 2 is 1.67 bits per heavy atom. The van der Waals surface area contributed by atoms with E-state index in [9.17, 15) is 9.59 Å². The van der Waals surface area contributed by atoms with Crippen molar-refractivity contribution in [3.8, 4) is 5.69 Å². The van der Waals surface area contributed by atoms with Gasteiger partial charge in [-0.2, -0.15) is 0 Å². The standard InChI is InChI=1S/C28H33N3O2/c1-19(2)30(27(33)28(4,5)6)18-25(32)31-23-14-8-7-13-22(23)29-16-10-15-24(29)26(31)21-12-9-11-20(3)17-21/h7-17,19,26H,18H2,1-6H3. The molecular weight excluding hydrogens is 410 g/mol. The van der Waals surface area contributed by atoms with Crippen LogP contribution in [-0.2, 0) is 9.59 Å². The van der Waals surface area contributed by atoms with Gasteiger partial charge in [-0.25, -0.2) is 0 Å². The average Bonchev–Trinajstić information content (AvgIpc) is 3.25. The van der Waals surface area contributed by atoms with E-state index in [0.29, 0.717) is 0 Å². The van der Waals surface area contributed by atoms with Gasteiger partial charge in [-0.1, -0.05) is 62.7 Å². The molecule has 2 amide bonds. The van der Waals surface area contributed by atoms with Crippen LogP contribution in [0, 0.1) is 12.3 Å². The van der Waals surface area contributed by atoms with Crippen LogP contribution in [0.2, 0.25) is 0 Å². The highest BCUT2D eigenvalue weighted by molar-refractivity contribution is 6.00. The van der Waals surface area contributed by atoms with Crippen LogP contribution in [0.1, 0.15) is 57.5 Å². The molecule has 3 aromatic rings. The van der Waals surface area contributed by atoms with E-state index < -0.39 is 5.41 Å². The first kappa shape index (κ1) is 22.8. The van der Waals surface area contributed by atoms with Crippen molar-refractivity contribution in [3.63, 3.8) is 0 Å². The first-order valence-corrected chi connectivity index (χ1v) is 11.6. The lowest BCUT2D eigenvalue weighted by atomic mass is 9.93. The van der Waals surface area contributed by atoms with Crippen LogP contribution in [0.5, 0.6) is 0 Å². The van der Waals surface area contributed by atoms with Crippen molar-refractivity contribution in [2.24, 2.45) is 5.41 Å². The minimum Gasteiger partial charge on any atom is -0.330 e. The van der Waals surface area contributed by atoms with Crippen LogP contribution in [-0.4, -0.2) is 33.9 Å². The quantitative estimate of drug-likeness (QED) is 0.534. The lowest BCUT2D eigenvalue weighted by molar-refractivity contribution is -0.144. The number of anilines is 1. The van der Waals surface area contributed by atoms with Gasteiger partial charge in [0.2, 0.25) is 11.8 Å². The summed E-state index contributed by atoms with van der Waals surface area (Å²) >= 11 is 0. The molecule has 1 aliphatic rings. The number of fused-ring (bicyclic) bond motifs is 3. The minimum absolute atomic E-state index is 0.0216. The molecule has 0 radical (unpaired) electrons. The molecule has 0 spiro atoms. The highest BCUT2D eigenvalue weighted by Crippen LogP contribution is 2.42. The van der Waals surface area contributed by atoms with E-state index >= 15 is 0 Å². The number of para-hydroxylation sites is 2. The molecule has 33 heavy (non-hydrogen) atoms. The lowest BCUT2D eigenvalue weighted by Gasteiger charge is -2.40. The molecule has 2 aromatic carbocycles. The Kier molecular flexibility index (Phi) is 5.91. The summed E-state index contributed by atoms with van der Waals surface area (Å²) in [7, 11) is 0. The van der Waals surface area contributed by atoms with Gasteiger partial charge in [-0.15, -0.1) is 0 Å². The Morgan fingerprint density at radius 1 is 0.970 bits per heavy atom. The third kappa shape index (κ3) is 4.20. The zero-order valence-corrected chi connectivity index (χ0v) is 20.4. The number of carbonyl (C=O) groups is 2. The molecular formula is C28H33N3O2.